The number of likely N-dealkylation sites (N-methyl/N-ethyl adjacent to an activating group) is 1. The third-order valence-electron chi connectivity index (χ3n) is 3.58. The van der Waals surface area contributed by atoms with Gasteiger partial charge in [-0.3, -0.25) is 9.48 Å². The van der Waals surface area contributed by atoms with Crippen LogP contribution in [0.15, 0.2) is 0 Å². The Labute approximate surface area is 113 Å². The lowest BCUT2D eigenvalue weighted by atomic mass is 10.1. The van der Waals surface area contributed by atoms with Crippen LogP contribution >= 0.6 is 0 Å². The van der Waals surface area contributed by atoms with E-state index in [1.165, 1.54) is 18.9 Å². The molecule has 106 valence electrons. The van der Waals surface area contributed by atoms with Crippen molar-refractivity contribution in [3.63, 3.8) is 0 Å². The molecule has 1 amide bonds. The third kappa shape index (κ3) is 3.33. The summed E-state index contributed by atoms with van der Waals surface area (Å²) in [5.41, 5.74) is 3.02. The van der Waals surface area contributed by atoms with Gasteiger partial charge >= 0.3 is 5.97 Å². The second kappa shape index (κ2) is 5.86. The van der Waals surface area contributed by atoms with E-state index in [2.05, 4.69) is 5.10 Å². The van der Waals surface area contributed by atoms with Crippen molar-refractivity contribution in [3.05, 3.63) is 17.0 Å². The van der Waals surface area contributed by atoms with Crippen molar-refractivity contribution in [1.82, 2.24) is 14.7 Å². The average Bonchev–Trinajstić information content (AvgIpc) is 2.59. The van der Waals surface area contributed by atoms with Crippen LogP contribution in [0.2, 0.25) is 0 Å². The summed E-state index contributed by atoms with van der Waals surface area (Å²) in [5.74, 6) is -1.16. The Morgan fingerprint density at radius 1 is 1.42 bits per heavy atom. The van der Waals surface area contributed by atoms with Crippen LogP contribution in [0.4, 0.5) is 0 Å². The van der Waals surface area contributed by atoms with Crippen molar-refractivity contribution in [2.45, 2.75) is 39.7 Å². The van der Waals surface area contributed by atoms with Crippen molar-refractivity contribution in [2.24, 2.45) is 7.05 Å². The van der Waals surface area contributed by atoms with Gasteiger partial charge in [0.25, 0.3) is 0 Å². The first-order chi connectivity index (χ1) is 8.75. The number of aliphatic carboxylic acids is 1. The highest BCUT2D eigenvalue weighted by Gasteiger charge is 2.22. The van der Waals surface area contributed by atoms with E-state index in [0.717, 1.165) is 17.0 Å². The van der Waals surface area contributed by atoms with Gasteiger partial charge in [-0.25, -0.2) is 4.79 Å². The Morgan fingerprint density at radius 3 is 2.42 bits per heavy atom. The molecule has 1 aromatic heterocycles. The molecule has 1 rings (SSSR count). The summed E-state index contributed by atoms with van der Waals surface area (Å²) in [5, 5.41) is 13.2. The number of carbonyl (C=O) groups is 2. The van der Waals surface area contributed by atoms with E-state index in [1.807, 2.05) is 20.9 Å². The standard InChI is InChI=1S/C13H21N3O3/c1-8-11(9(2)16(5)14-8)6-7-12(17)15(4)10(3)13(18)19/h10H,6-7H2,1-5H3,(H,18,19). The first-order valence-electron chi connectivity index (χ1n) is 6.23. The molecule has 0 aliphatic carbocycles. The predicted octanol–water partition coefficient (Wildman–Crippen LogP) is 0.901. The van der Waals surface area contributed by atoms with Crippen molar-refractivity contribution in [3.8, 4) is 0 Å². The quantitative estimate of drug-likeness (QED) is 0.860. The predicted molar refractivity (Wildman–Crippen MR) is 70.9 cm³/mol. The molecule has 6 nitrogen and oxygen atoms in total. The van der Waals surface area contributed by atoms with Crippen LogP contribution in [0.3, 0.4) is 0 Å². The first kappa shape index (κ1) is 15.2. The van der Waals surface area contributed by atoms with Crippen molar-refractivity contribution < 1.29 is 14.7 Å². The summed E-state index contributed by atoms with van der Waals surface area (Å²) < 4.78 is 1.79. The zero-order chi connectivity index (χ0) is 14.7. The Bertz CT molecular complexity index is 494. The zero-order valence-electron chi connectivity index (χ0n) is 12.1. The van der Waals surface area contributed by atoms with E-state index in [1.54, 1.807) is 4.68 Å². The molecular weight excluding hydrogens is 246 g/mol. The molecule has 0 fully saturated rings. The van der Waals surface area contributed by atoms with E-state index in [9.17, 15) is 9.59 Å². The van der Waals surface area contributed by atoms with Crippen molar-refractivity contribution >= 4 is 11.9 Å². The summed E-state index contributed by atoms with van der Waals surface area (Å²) in [6.45, 7) is 5.38. The average molecular weight is 267 g/mol. The molecule has 1 heterocycles. The number of rotatable bonds is 5. The molecule has 0 aliphatic heterocycles. The van der Waals surface area contributed by atoms with Gasteiger partial charge in [-0.05, 0) is 32.8 Å². The summed E-state index contributed by atoms with van der Waals surface area (Å²) in [7, 11) is 3.39. The number of nitrogens with zero attached hydrogens (tertiary/aromatic N) is 3. The van der Waals surface area contributed by atoms with E-state index >= 15 is 0 Å². The van der Waals surface area contributed by atoms with Gasteiger partial charge in [0.05, 0.1) is 5.69 Å². The fourth-order valence-corrected chi connectivity index (χ4v) is 1.97. The lowest BCUT2D eigenvalue weighted by Crippen LogP contribution is -2.40. The molecule has 0 bridgehead atoms. The number of carboxylic acid groups (broad SMARTS) is 1. The maximum Gasteiger partial charge on any atom is 0.326 e. The summed E-state index contributed by atoms with van der Waals surface area (Å²) in [4.78, 5) is 24.0. The molecule has 0 saturated carbocycles. The molecule has 0 saturated heterocycles. The Kier molecular flexibility index (Phi) is 4.69. The van der Waals surface area contributed by atoms with Gasteiger partial charge in [0.15, 0.2) is 0 Å². The van der Waals surface area contributed by atoms with Gasteiger partial charge in [-0.15, -0.1) is 0 Å². The number of aromatic nitrogens is 2. The van der Waals surface area contributed by atoms with Crippen LogP contribution in [0.1, 0.15) is 30.3 Å². The van der Waals surface area contributed by atoms with E-state index < -0.39 is 12.0 Å². The molecule has 19 heavy (non-hydrogen) atoms. The first-order valence-corrected chi connectivity index (χ1v) is 6.23. The van der Waals surface area contributed by atoms with Gasteiger partial charge in [0.2, 0.25) is 5.91 Å². The monoisotopic (exact) mass is 267 g/mol. The highest BCUT2D eigenvalue weighted by atomic mass is 16.4. The minimum Gasteiger partial charge on any atom is -0.480 e. The van der Waals surface area contributed by atoms with Crippen LogP contribution in [0.25, 0.3) is 0 Å². The molecule has 1 aromatic rings. The number of amides is 1. The van der Waals surface area contributed by atoms with Crippen LogP contribution in [0.5, 0.6) is 0 Å². The van der Waals surface area contributed by atoms with Crippen LogP contribution in [0, 0.1) is 13.8 Å². The normalized spacial score (nSPS) is 12.3. The summed E-state index contributed by atoms with van der Waals surface area (Å²) in [6, 6.07) is -0.802. The van der Waals surface area contributed by atoms with E-state index in [4.69, 9.17) is 5.11 Å². The molecule has 0 aromatic carbocycles. The number of carbonyl (C=O) groups excluding carboxylic acids is 1. The number of carboxylic acids is 1. The molecule has 1 unspecified atom stereocenters. The highest BCUT2D eigenvalue weighted by Crippen LogP contribution is 2.14. The second-order valence-corrected chi connectivity index (χ2v) is 4.79. The number of aryl methyl sites for hydroxylation is 2. The molecule has 0 radical (unpaired) electrons. The second-order valence-electron chi connectivity index (χ2n) is 4.79. The van der Waals surface area contributed by atoms with Crippen molar-refractivity contribution in [1.29, 1.82) is 0 Å². The number of hydrogen-bond acceptors (Lipinski definition) is 3. The fraction of sp³-hybridized carbons (Fsp3) is 0.615. The van der Waals surface area contributed by atoms with Crippen LogP contribution < -0.4 is 0 Å². The van der Waals surface area contributed by atoms with Crippen molar-refractivity contribution in [2.75, 3.05) is 7.05 Å². The van der Waals surface area contributed by atoms with Crippen LogP contribution in [-0.4, -0.2) is 44.8 Å². The summed E-state index contributed by atoms with van der Waals surface area (Å²) >= 11 is 0. The Hall–Kier alpha value is -1.85. The van der Waals surface area contributed by atoms with Gasteiger partial charge in [0, 0.05) is 26.2 Å². The lowest BCUT2D eigenvalue weighted by molar-refractivity contribution is -0.148. The lowest BCUT2D eigenvalue weighted by Gasteiger charge is -2.21. The summed E-state index contributed by atoms with van der Waals surface area (Å²) in [6.07, 6.45) is 0.877. The molecule has 6 heteroatoms. The molecule has 0 aliphatic rings. The maximum atomic E-state index is 11.9. The van der Waals surface area contributed by atoms with Gasteiger partial charge in [-0.1, -0.05) is 0 Å². The molecule has 1 atom stereocenters. The third-order valence-corrected chi connectivity index (χ3v) is 3.58. The zero-order valence-corrected chi connectivity index (χ0v) is 12.1. The molecular formula is C13H21N3O3. The van der Waals surface area contributed by atoms with Gasteiger partial charge in [-0.2, -0.15) is 5.10 Å². The SMILES string of the molecule is Cc1nn(C)c(C)c1CCC(=O)N(C)C(C)C(=O)O. The molecule has 0 spiro atoms. The smallest absolute Gasteiger partial charge is 0.326 e. The maximum absolute atomic E-state index is 11.9. The Morgan fingerprint density at radius 2 is 2.00 bits per heavy atom. The number of hydrogen-bond donors (Lipinski definition) is 1. The molecule has 1 N–H and O–H groups in total. The largest absolute Gasteiger partial charge is 0.480 e. The van der Waals surface area contributed by atoms with Gasteiger partial charge in [0.1, 0.15) is 6.04 Å². The Balaban J connectivity index is 2.67. The minimum absolute atomic E-state index is 0.169. The minimum atomic E-state index is -0.996. The topological polar surface area (TPSA) is 75.4 Å². The highest BCUT2D eigenvalue weighted by molar-refractivity contribution is 5.83. The van der Waals surface area contributed by atoms with E-state index in [-0.39, 0.29) is 5.91 Å². The fourth-order valence-electron chi connectivity index (χ4n) is 1.97. The van der Waals surface area contributed by atoms with Gasteiger partial charge < -0.3 is 10.0 Å². The van der Waals surface area contributed by atoms with Crippen LogP contribution in [-0.2, 0) is 23.1 Å². The van der Waals surface area contributed by atoms with E-state index in [0.29, 0.717) is 12.8 Å².